The molecule has 1 aliphatic carbocycles. The Morgan fingerprint density at radius 1 is 0.654 bits per heavy atom. The van der Waals surface area contributed by atoms with Crippen LogP contribution in [0.1, 0.15) is 207 Å². The molecule has 1 fully saturated rings. The van der Waals surface area contributed by atoms with Gasteiger partial charge in [-0.2, -0.15) is 0 Å². The van der Waals surface area contributed by atoms with Crippen molar-refractivity contribution in [2.45, 2.75) is 176 Å². The first-order valence-electron chi connectivity index (χ1n) is 20.5. The predicted octanol–water partition coefficient (Wildman–Crippen LogP) is 10.3. The summed E-state index contributed by atoms with van der Waals surface area (Å²) < 4.78 is 7.60. The standard InChI is InChI=1S/C44H70N8/c1-28(2)39-26-46-42(31(7)8)50(39)21-20-49(13)19-18-37-40(29(3)4)51(43(47-37)32(9)10)27-35-22-34(24-45-25-35)23-38-41(30(5)6)52(36-16-14-15-17-36)44(48-38)33(11)12/h22,24-26,28-33,36H,14-21,23,27H2,1-13H3. The average molecular weight is 711 g/mol. The third-order valence-corrected chi connectivity index (χ3v) is 11.0. The molecule has 0 radical (unpaired) electrons. The summed E-state index contributed by atoms with van der Waals surface area (Å²) >= 11 is 0. The first kappa shape index (κ1) is 39.9. The molecule has 4 aromatic heterocycles. The van der Waals surface area contributed by atoms with Crippen LogP contribution in [0.3, 0.4) is 0 Å². The van der Waals surface area contributed by atoms with E-state index in [1.807, 2.05) is 0 Å². The number of likely N-dealkylation sites (N-methyl/N-ethyl adjacent to an activating group) is 1. The monoisotopic (exact) mass is 711 g/mol. The summed E-state index contributed by atoms with van der Waals surface area (Å²) in [6.07, 6.45) is 13.1. The molecule has 4 heterocycles. The van der Waals surface area contributed by atoms with Crippen LogP contribution in [0.25, 0.3) is 0 Å². The molecule has 0 aliphatic heterocycles. The molecule has 52 heavy (non-hydrogen) atoms. The molecule has 0 N–H and O–H groups in total. The van der Waals surface area contributed by atoms with Gasteiger partial charge in [-0.3, -0.25) is 4.98 Å². The molecule has 286 valence electrons. The zero-order valence-electron chi connectivity index (χ0n) is 35.0. The smallest absolute Gasteiger partial charge is 0.112 e. The van der Waals surface area contributed by atoms with Gasteiger partial charge in [-0.1, -0.05) is 102 Å². The van der Waals surface area contributed by atoms with Crippen molar-refractivity contribution in [2.24, 2.45) is 0 Å². The molecule has 0 unspecified atom stereocenters. The maximum atomic E-state index is 5.36. The number of hydrogen-bond acceptors (Lipinski definition) is 5. The maximum absolute atomic E-state index is 5.36. The van der Waals surface area contributed by atoms with E-state index in [-0.39, 0.29) is 0 Å². The minimum Gasteiger partial charge on any atom is -0.330 e. The van der Waals surface area contributed by atoms with E-state index in [9.17, 15) is 0 Å². The summed E-state index contributed by atoms with van der Waals surface area (Å²) in [5.41, 5.74) is 9.07. The van der Waals surface area contributed by atoms with Gasteiger partial charge >= 0.3 is 0 Å². The Labute approximate surface area is 315 Å². The Morgan fingerprint density at radius 2 is 1.27 bits per heavy atom. The Balaban J connectivity index is 1.36. The van der Waals surface area contributed by atoms with Crippen molar-refractivity contribution in [2.75, 3.05) is 20.1 Å². The van der Waals surface area contributed by atoms with Crippen LogP contribution < -0.4 is 0 Å². The zero-order valence-corrected chi connectivity index (χ0v) is 35.0. The highest BCUT2D eigenvalue weighted by Gasteiger charge is 2.29. The van der Waals surface area contributed by atoms with Gasteiger partial charge in [-0.15, -0.1) is 0 Å². The number of aromatic nitrogens is 7. The van der Waals surface area contributed by atoms with Gasteiger partial charge in [-0.05, 0) is 48.8 Å². The van der Waals surface area contributed by atoms with E-state index in [1.165, 1.54) is 82.8 Å². The fourth-order valence-electron chi connectivity index (χ4n) is 8.53. The lowest BCUT2D eigenvalue weighted by Crippen LogP contribution is -2.27. The molecule has 8 nitrogen and oxygen atoms in total. The van der Waals surface area contributed by atoms with Crippen LogP contribution in [0.2, 0.25) is 0 Å². The van der Waals surface area contributed by atoms with Crippen molar-refractivity contribution >= 4 is 0 Å². The Kier molecular flexibility index (Phi) is 13.3. The normalized spacial score (nSPS) is 14.4. The van der Waals surface area contributed by atoms with Gasteiger partial charge in [0.1, 0.15) is 17.5 Å². The number of nitrogens with zero attached hydrogens (tertiary/aromatic N) is 8. The largest absolute Gasteiger partial charge is 0.330 e. The molecule has 0 aromatic carbocycles. The fourth-order valence-corrected chi connectivity index (χ4v) is 8.53. The number of imidazole rings is 3. The highest BCUT2D eigenvalue weighted by atomic mass is 15.2. The molecule has 1 saturated carbocycles. The van der Waals surface area contributed by atoms with E-state index in [4.69, 9.17) is 19.9 Å². The zero-order chi connectivity index (χ0) is 37.9. The molecule has 0 spiro atoms. The quantitative estimate of drug-likeness (QED) is 0.109. The summed E-state index contributed by atoms with van der Waals surface area (Å²) in [5, 5.41) is 0. The third-order valence-electron chi connectivity index (χ3n) is 11.0. The van der Waals surface area contributed by atoms with E-state index >= 15 is 0 Å². The van der Waals surface area contributed by atoms with E-state index in [0.29, 0.717) is 41.5 Å². The summed E-state index contributed by atoms with van der Waals surface area (Å²) in [4.78, 5) is 22.8. The van der Waals surface area contributed by atoms with Crippen LogP contribution in [-0.4, -0.2) is 58.7 Å². The maximum Gasteiger partial charge on any atom is 0.112 e. The fraction of sp³-hybridized carbons (Fsp3) is 0.682. The lowest BCUT2D eigenvalue weighted by atomic mass is 10.0. The van der Waals surface area contributed by atoms with E-state index in [0.717, 1.165) is 39.0 Å². The lowest BCUT2D eigenvalue weighted by Gasteiger charge is -2.22. The van der Waals surface area contributed by atoms with Gasteiger partial charge in [0.05, 0.1) is 17.9 Å². The van der Waals surface area contributed by atoms with Crippen LogP contribution >= 0.6 is 0 Å². The second kappa shape index (κ2) is 17.3. The minimum atomic E-state index is 0.327. The average Bonchev–Trinajstić information content (AvgIpc) is 3.87. The lowest BCUT2D eigenvalue weighted by molar-refractivity contribution is 0.316. The first-order chi connectivity index (χ1) is 24.7. The van der Waals surface area contributed by atoms with Crippen molar-refractivity contribution in [3.63, 3.8) is 0 Å². The van der Waals surface area contributed by atoms with Crippen LogP contribution in [0.4, 0.5) is 0 Å². The Bertz CT molecular complexity index is 1720. The summed E-state index contributed by atoms with van der Waals surface area (Å²) in [7, 11) is 2.25. The van der Waals surface area contributed by atoms with Crippen LogP contribution in [-0.2, 0) is 25.9 Å². The molecule has 0 atom stereocenters. The van der Waals surface area contributed by atoms with Crippen molar-refractivity contribution in [3.8, 4) is 0 Å². The second-order valence-corrected chi connectivity index (χ2v) is 17.6. The SMILES string of the molecule is CC(C)c1cnc(C(C)C)n1CCN(C)CCc1nc(C(C)C)n(Cc2cncc(Cc3nc(C(C)C)n(C4CCCC4)c3C(C)C)c2)c1C(C)C. The van der Waals surface area contributed by atoms with Gasteiger partial charge < -0.3 is 18.6 Å². The molecular weight excluding hydrogens is 641 g/mol. The van der Waals surface area contributed by atoms with Crippen LogP contribution in [0.5, 0.6) is 0 Å². The van der Waals surface area contributed by atoms with E-state index < -0.39 is 0 Å². The van der Waals surface area contributed by atoms with Gasteiger partial charge in [-0.25, -0.2) is 15.0 Å². The molecule has 0 amide bonds. The number of hydrogen-bond donors (Lipinski definition) is 0. The second-order valence-electron chi connectivity index (χ2n) is 17.6. The summed E-state index contributed by atoms with van der Waals surface area (Å²) in [6, 6.07) is 2.96. The minimum absolute atomic E-state index is 0.327. The highest BCUT2D eigenvalue weighted by Crippen LogP contribution is 2.38. The van der Waals surface area contributed by atoms with Crippen molar-refractivity contribution < 1.29 is 0 Å². The van der Waals surface area contributed by atoms with Gasteiger partial charge in [0.2, 0.25) is 0 Å². The van der Waals surface area contributed by atoms with Crippen molar-refractivity contribution in [1.82, 2.24) is 38.5 Å². The molecule has 0 saturated heterocycles. The summed E-state index contributed by atoms with van der Waals surface area (Å²) in [6.45, 7) is 31.2. The van der Waals surface area contributed by atoms with Gasteiger partial charge in [0.15, 0.2) is 0 Å². The van der Waals surface area contributed by atoms with Crippen LogP contribution in [0, 0.1) is 0 Å². The number of pyridine rings is 1. The molecule has 4 aromatic rings. The van der Waals surface area contributed by atoms with Gasteiger partial charge in [0, 0.05) is 91.9 Å². The van der Waals surface area contributed by atoms with E-state index in [2.05, 4.69) is 133 Å². The Morgan fingerprint density at radius 3 is 1.87 bits per heavy atom. The van der Waals surface area contributed by atoms with Crippen molar-refractivity contribution in [1.29, 1.82) is 0 Å². The Hall–Kier alpha value is -3.26. The topological polar surface area (TPSA) is 69.6 Å². The highest BCUT2D eigenvalue weighted by molar-refractivity contribution is 5.32. The molecule has 0 bridgehead atoms. The summed E-state index contributed by atoms with van der Waals surface area (Å²) in [5.74, 6) is 6.03. The van der Waals surface area contributed by atoms with E-state index in [1.54, 1.807) is 0 Å². The van der Waals surface area contributed by atoms with Crippen molar-refractivity contribution in [3.05, 3.63) is 81.7 Å². The van der Waals surface area contributed by atoms with Crippen LogP contribution in [0.15, 0.2) is 24.7 Å². The molecule has 8 heteroatoms. The number of rotatable bonds is 17. The van der Waals surface area contributed by atoms with Gasteiger partial charge in [0.25, 0.3) is 0 Å². The third kappa shape index (κ3) is 8.91. The first-order valence-corrected chi connectivity index (χ1v) is 20.5. The molecular formula is C44H70N8. The predicted molar refractivity (Wildman–Crippen MR) is 216 cm³/mol. The molecule has 1 aliphatic rings. The molecule has 5 rings (SSSR count).